The Labute approximate surface area is 148 Å². The van der Waals surface area contributed by atoms with E-state index < -0.39 is 10.0 Å². The molecule has 1 unspecified atom stereocenters. The third-order valence-corrected chi connectivity index (χ3v) is 5.53. The van der Waals surface area contributed by atoms with Crippen molar-refractivity contribution in [2.24, 2.45) is 16.6 Å². The summed E-state index contributed by atoms with van der Waals surface area (Å²) in [6.07, 6.45) is 2.89. The zero-order valence-electron chi connectivity index (χ0n) is 14.3. The van der Waals surface area contributed by atoms with E-state index in [-0.39, 0.29) is 5.92 Å². The largest absolute Gasteiger partial charge is 0.490 e. The first-order chi connectivity index (χ1) is 11.9. The molecular formula is C16H24N4O4S. The quantitative estimate of drug-likeness (QED) is 0.603. The van der Waals surface area contributed by atoms with Crippen LogP contribution in [-0.4, -0.2) is 57.8 Å². The lowest BCUT2D eigenvalue weighted by Crippen LogP contribution is -2.28. The summed E-state index contributed by atoms with van der Waals surface area (Å²) in [6.45, 7) is 2.82. The van der Waals surface area contributed by atoms with Gasteiger partial charge in [0.25, 0.3) is 0 Å². The number of guanidine groups is 1. The lowest BCUT2D eigenvalue weighted by Gasteiger charge is -2.13. The van der Waals surface area contributed by atoms with Crippen molar-refractivity contribution in [3.05, 3.63) is 18.2 Å². The maximum absolute atomic E-state index is 11.5. The number of ether oxygens (including phenoxy) is 2. The van der Waals surface area contributed by atoms with E-state index in [1.165, 1.54) is 10.6 Å². The van der Waals surface area contributed by atoms with Crippen molar-refractivity contribution in [1.29, 1.82) is 0 Å². The number of nitrogens with two attached hydrogens (primary N) is 1. The standard InChI is InChI=1S/C16H24N4O4S/c1-25(21,22)20-6-5-12(11-20)10-18-16(17)19-13-3-4-14-15(9-13)24-8-2-7-23-14/h3-4,9,12H,2,5-8,10-11H2,1H3,(H3,17,18,19). The molecule has 8 nitrogen and oxygen atoms in total. The number of anilines is 1. The maximum Gasteiger partial charge on any atom is 0.211 e. The highest BCUT2D eigenvalue weighted by Crippen LogP contribution is 2.32. The molecular weight excluding hydrogens is 344 g/mol. The van der Waals surface area contributed by atoms with Crippen LogP contribution in [0.3, 0.4) is 0 Å². The molecule has 0 aromatic heterocycles. The molecule has 1 aromatic rings. The summed E-state index contributed by atoms with van der Waals surface area (Å²) in [5.41, 5.74) is 6.72. The van der Waals surface area contributed by atoms with Gasteiger partial charge < -0.3 is 20.5 Å². The number of nitrogens with one attached hydrogen (secondary N) is 1. The summed E-state index contributed by atoms with van der Waals surface area (Å²) in [4.78, 5) is 4.34. The second-order valence-electron chi connectivity index (χ2n) is 6.34. The van der Waals surface area contributed by atoms with Crippen LogP contribution in [0.4, 0.5) is 5.69 Å². The molecule has 2 aliphatic heterocycles. The lowest BCUT2D eigenvalue weighted by atomic mass is 10.1. The predicted molar refractivity (Wildman–Crippen MR) is 96.7 cm³/mol. The van der Waals surface area contributed by atoms with Gasteiger partial charge in [0, 0.05) is 37.8 Å². The van der Waals surface area contributed by atoms with Crippen LogP contribution in [0.15, 0.2) is 23.2 Å². The van der Waals surface area contributed by atoms with Crippen molar-refractivity contribution in [1.82, 2.24) is 4.31 Å². The highest BCUT2D eigenvalue weighted by atomic mass is 32.2. The molecule has 0 aliphatic carbocycles. The fourth-order valence-corrected chi connectivity index (χ4v) is 3.82. The minimum absolute atomic E-state index is 0.193. The maximum atomic E-state index is 11.5. The number of hydrogen-bond donors (Lipinski definition) is 2. The Morgan fingerprint density at radius 3 is 2.84 bits per heavy atom. The summed E-state index contributed by atoms with van der Waals surface area (Å²) in [7, 11) is -3.12. The Morgan fingerprint density at radius 2 is 2.12 bits per heavy atom. The molecule has 0 bridgehead atoms. The summed E-state index contributed by atoms with van der Waals surface area (Å²) >= 11 is 0. The molecule has 0 radical (unpaired) electrons. The van der Waals surface area contributed by atoms with E-state index >= 15 is 0 Å². The zero-order valence-corrected chi connectivity index (χ0v) is 15.1. The van der Waals surface area contributed by atoms with Crippen molar-refractivity contribution in [2.75, 3.05) is 44.4 Å². The molecule has 25 heavy (non-hydrogen) atoms. The Bertz CT molecular complexity index is 751. The van der Waals surface area contributed by atoms with Gasteiger partial charge in [-0.25, -0.2) is 12.7 Å². The Morgan fingerprint density at radius 1 is 1.36 bits per heavy atom. The average Bonchev–Trinajstić information content (AvgIpc) is 2.92. The van der Waals surface area contributed by atoms with Crippen LogP contribution in [0, 0.1) is 5.92 Å². The number of sulfonamides is 1. The van der Waals surface area contributed by atoms with E-state index in [1.54, 1.807) is 0 Å². The second kappa shape index (κ2) is 7.49. The van der Waals surface area contributed by atoms with Crippen LogP contribution in [0.2, 0.25) is 0 Å². The van der Waals surface area contributed by atoms with Gasteiger partial charge in [0.05, 0.1) is 19.5 Å². The molecule has 0 amide bonds. The van der Waals surface area contributed by atoms with Crippen LogP contribution in [-0.2, 0) is 10.0 Å². The first kappa shape index (κ1) is 17.8. The Balaban J connectivity index is 1.56. The van der Waals surface area contributed by atoms with E-state index in [4.69, 9.17) is 15.2 Å². The van der Waals surface area contributed by atoms with Crippen molar-refractivity contribution in [2.45, 2.75) is 12.8 Å². The fraction of sp³-hybridized carbons (Fsp3) is 0.562. The second-order valence-corrected chi connectivity index (χ2v) is 8.32. The zero-order chi connectivity index (χ0) is 17.9. The summed E-state index contributed by atoms with van der Waals surface area (Å²) in [6, 6.07) is 5.54. The number of fused-ring (bicyclic) bond motifs is 1. The van der Waals surface area contributed by atoms with E-state index in [0.717, 1.165) is 24.3 Å². The number of hydrogen-bond acceptors (Lipinski definition) is 5. The van der Waals surface area contributed by atoms with Gasteiger partial charge in [-0.1, -0.05) is 0 Å². The number of nitrogens with zero attached hydrogens (tertiary/aromatic N) is 2. The van der Waals surface area contributed by atoms with Gasteiger partial charge in [-0.3, -0.25) is 4.99 Å². The molecule has 2 aliphatic rings. The normalized spacial score (nSPS) is 21.8. The van der Waals surface area contributed by atoms with Crippen LogP contribution in [0.25, 0.3) is 0 Å². The van der Waals surface area contributed by atoms with Gasteiger partial charge in [0.15, 0.2) is 17.5 Å². The number of rotatable bonds is 4. The van der Waals surface area contributed by atoms with Crippen molar-refractivity contribution < 1.29 is 17.9 Å². The minimum atomic E-state index is -3.12. The molecule has 3 rings (SSSR count). The van der Waals surface area contributed by atoms with E-state index in [1.807, 2.05) is 18.2 Å². The molecule has 0 spiro atoms. The van der Waals surface area contributed by atoms with Gasteiger partial charge in [-0.15, -0.1) is 0 Å². The van der Waals surface area contributed by atoms with Crippen LogP contribution < -0.4 is 20.5 Å². The third kappa shape index (κ3) is 4.76. The topological polar surface area (TPSA) is 106 Å². The van der Waals surface area contributed by atoms with E-state index in [9.17, 15) is 8.42 Å². The fourth-order valence-electron chi connectivity index (χ4n) is 2.90. The Hall–Kier alpha value is -2.00. The number of aliphatic imine (C=N–C) groups is 1. The van der Waals surface area contributed by atoms with Gasteiger partial charge in [0.1, 0.15) is 0 Å². The molecule has 1 aromatic carbocycles. The first-order valence-electron chi connectivity index (χ1n) is 8.33. The van der Waals surface area contributed by atoms with Gasteiger partial charge in [-0.2, -0.15) is 0 Å². The van der Waals surface area contributed by atoms with Gasteiger partial charge >= 0.3 is 0 Å². The molecule has 3 N–H and O–H groups in total. The van der Waals surface area contributed by atoms with Crippen molar-refractivity contribution in [3.8, 4) is 11.5 Å². The summed E-state index contributed by atoms with van der Waals surface area (Å²) < 4.78 is 35.8. The first-order valence-corrected chi connectivity index (χ1v) is 10.2. The monoisotopic (exact) mass is 368 g/mol. The minimum Gasteiger partial charge on any atom is -0.490 e. The SMILES string of the molecule is CS(=O)(=O)N1CCC(CN=C(N)Nc2ccc3c(c2)OCCCO3)C1. The highest BCUT2D eigenvalue weighted by Gasteiger charge is 2.28. The van der Waals surface area contributed by atoms with Crippen molar-refractivity contribution >= 4 is 21.7 Å². The molecule has 2 heterocycles. The highest BCUT2D eigenvalue weighted by molar-refractivity contribution is 7.88. The Kier molecular flexibility index (Phi) is 5.33. The summed E-state index contributed by atoms with van der Waals surface area (Å²) in [5, 5.41) is 3.04. The molecule has 1 fully saturated rings. The lowest BCUT2D eigenvalue weighted by molar-refractivity contribution is 0.297. The molecule has 1 atom stereocenters. The van der Waals surface area contributed by atoms with Crippen LogP contribution >= 0.6 is 0 Å². The molecule has 0 saturated carbocycles. The smallest absolute Gasteiger partial charge is 0.211 e. The molecule has 9 heteroatoms. The molecule has 138 valence electrons. The van der Waals surface area contributed by atoms with Gasteiger partial charge in [-0.05, 0) is 24.5 Å². The van der Waals surface area contributed by atoms with Gasteiger partial charge in [0.2, 0.25) is 10.0 Å². The van der Waals surface area contributed by atoms with Crippen LogP contribution in [0.5, 0.6) is 11.5 Å². The van der Waals surface area contributed by atoms with E-state index in [2.05, 4.69) is 10.3 Å². The van der Waals surface area contributed by atoms with Crippen LogP contribution in [0.1, 0.15) is 12.8 Å². The number of benzene rings is 1. The summed E-state index contributed by atoms with van der Waals surface area (Å²) in [5.74, 6) is 1.91. The average molecular weight is 368 g/mol. The predicted octanol–water partition coefficient (Wildman–Crippen LogP) is 0.856. The third-order valence-electron chi connectivity index (χ3n) is 4.26. The molecule has 1 saturated heterocycles. The van der Waals surface area contributed by atoms with E-state index in [0.29, 0.717) is 44.6 Å². The van der Waals surface area contributed by atoms with Crippen molar-refractivity contribution in [3.63, 3.8) is 0 Å².